The molecule has 3 aromatic rings. The van der Waals surface area contributed by atoms with Crippen molar-refractivity contribution in [3.8, 4) is 11.6 Å². The van der Waals surface area contributed by atoms with Crippen LogP contribution in [0.2, 0.25) is 5.02 Å². The van der Waals surface area contributed by atoms with E-state index in [9.17, 15) is 4.39 Å². The average Bonchev–Trinajstić information content (AvgIpc) is 2.42. The number of hydrogen-bond donors (Lipinski definition) is 0. The zero-order valence-corrected chi connectivity index (χ0v) is 10.6. The Morgan fingerprint density at radius 2 is 1.84 bits per heavy atom. The molecule has 0 bridgehead atoms. The van der Waals surface area contributed by atoms with Gasteiger partial charge >= 0.3 is 0 Å². The second-order valence-electron chi connectivity index (χ2n) is 4.02. The summed E-state index contributed by atoms with van der Waals surface area (Å²) in [6, 6.07) is 14.5. The molecule has 0 atom stereocenters. The van der Waals surface area contributed by atoms with E-state index in [1.165, 1.54) is 12.3 Å². The minimum atomic E-state index is -0.583. The number of fused-ring (bicyclic) bond motifs is 1. The molecule has 1 aromatic heterocycles. The van der Waals surface area contributed by atoms with E-state index >= 15 is 0 Å². The molecule has 0 N–H and O–H groups in total. The van der Waals surface area contributed by atoms with Gasteiger partial charge in [-0.15, -0.1) is 0 Å². The molecule has 0 radical (unpaired) electrons. The highest BCUT2D eigenvalue weighted by Gasteiger charge is 2.09. The number of aromatic nitrogens is 1. The number of ether oxygens (including phenoxy) is 1. The molecule has 0 saturated carbocycles. The van der Waals surface area contributed by atoms with Crippen LogP contribution in [0.1, 0.15) is 0 Å². The fourth-order valence-corrected chi connectivity index (χ4v) is 2.01. The Kier molecular flexibility index (Phi) is 3.05. The number of rotatable bonds is 2. The Labute approximate surface area is 114 Å². The van der Waals surface area contributed by atoms with Crippen molar-refractivity contribution in [2.45, 2.75) is 0 Å². The quantitative estimate of drug-likeness (QED) is 0.668. The minimum Gasteiger partial charge on any atom is -0.436 e. The van der Waals surface area contributed by atoms with Crippen LogP contribution in [0.15, 0.2) is 54.7 Å². The summed E-state index contributed by atoms with van der Waals surface area (Å²) in [5.74, 6) is -0.104. The lowest BCUT2D eigenvalue weighted by molar-refractivity contribution is 0.427. The van der Waals surface area contributed by atoms with E-state index in [1.54, 1.807) is 6.07 Å². The Bertz CT molecular complexity index is 740. The fraction of sp³-hybridized carbons (Fsp3) is 0. The van der Waals surface area contributed by atoms with Crippen molar-refractivity contribution in [2.75, 3.05) is 0 Å². The van der Waals surface area contributed by atoms with Gasteiger partial charge in [0.2, 0.25) is 0 Å². The molecule has 19 heavy (non-hydrogen) atoms. The first-order valence-electron chi connectivity index (χ1n) is 5.71. The Morgan fingerprint density at radius 1 is 1.05 bits per heavy atom. The maximum atomic E-state index is 13.7. The summed E-state index contributed by atoms with van der Waals surface area (Å²) in [5.41, 5.74) is 0. The molecule has 0 aliphatic carbocycles. The molecule has 0 spiro atoms. The Balaban J connectivity index is 2.06. The zero-order chi connectivity index (χ0) is 13.2. The van der Waals surface area contributed by atoms with Gasteiger partial charge in [-0.1, -0.05) is 48.0 Å². The van der Waals surface area contributed by atoms with E-state index in [1.807, 2.05) is 36.4 Å². The van der Waals surface area contributed by atoms with Crippen LogP contribution in [0.4, 0.5) is 4.39 Å². The molecule has 0 amide bonds. The molecule has 0 aliphatic heterocycles. The highest BCUT2D eigenvalue weighted by atomic mass is 35.5. The van der Waals surface area contributed by atoms with Gasteiger partial charge in [0.25, 0.3) is 5.88 Å². The monoisotopic (exact) mass is 273 g/mol. The molecule has 0 fully saturated rings. The van der Waals surface area contributed by atoms with Crippen molar-refractivity contribution in [1.82, 2.24) is 4.98 Å². The third kappa shape index (κ3) is 2.37. The van der Waals surface area contributed by atoms with Crippen LogP contribution < -0.4 is 4.74 Å². The van der Waals surface area contributed by atoms with Gasteiger partial charge in [0.1, 0.15) is 5.75 Å². The molecule has 4 heteroatoms. The van der Waals surface area contributed by atoms with E-state index in [0.29, 0.717) is 5.75 Å². The number of nitrogens with zero attached hydrogens (tertiary/aromatic N) is 1. The summed E-state index contributed by atoms with van der Waals surface area (Å²) in [5, 5.41) is 2.17. The average molecular weight is 274 g/mol. The number of halogens is 2. The third-order valence-corrected chi connectivity index (χ3v) is 2.94. The van der Waals surface area contributed by atoms with Crippen LogP contribution in [0.25, 0.3) is 10.8 Å². The van der Waals surface area contributed by atoms with Gasteiger partial charge in [0.15, 0.2) is 5.82 Å². The molecule has 2 nitrogen and oxygen atoms in total. The predicted octanol–water partition coefficient (Wildman–Crippen LogP) is 4.82. The van der Waals surface area contributed by atoms with Gasteiger partial charge in [-0.05, 0) is 17.5 Å². The number of hydrogen-bond acceptors (Lipinski definition) is 2. The molecule has 3 rings (SSSR count). The van der Waals surface area contributed by atoms with Crippen LogP contribution in [0, 0.1) is 5.82 Å². The third-order valence-electron chi connectivity index (χ3n) is 2.73. The summed E-state index contributed by atoms with van der Waals surface area (Å²) in [6.45, 7) is 0. The smallest absolute Gasteiger partial charge is 0.255 e. The minimum absolute atomic E-state index is 0.0826. The summed E-state index contributed by atoms with van der Waals surface area (Å²) in [7, 11) is 0. The summed E-state index contributed by atoms with van der Waals surface area (Å²) >= 11 is 5.66. The van der Waals surface area contributed by atoms with Gasteiger partial charge in [-0.2, -0.15) is 0 Å². The predicted molar refractivity (Wildman–Crippen MR) is 73.2 cm³/mol. The van der Waals surface area contributed by atoms with E-state index in [4.69, 9.17) is 16.3 Å². The van der Waals surface area contributed by atoms with Crippen molar-refractivity contribution >= 4 is 22.4 Å². The van der Waals surface area contributed by atoms with Crippen LogP contribution in [-0.2, 0) is 0 Å². The SMILES string of the molecule is Fc1cc(Cl)cnc1Oc1cccc2ccccc12. The molecule has 0 unspecified atom stereocenters. The van der Waals surface area contributed by atoms with E-state index in [-0.39, 0.29) is 10.9 Å². The normalized spacial score (nSPS) is 10.6. The topological polar surface area (TPSA) is 22.1 Å². The lowest BCUT2D eigenvalue weighted by Crippen LogP contribution is -1.92. The first kappa shape index (κ1) is 11.9. The second kappa shape index (κ2) is 4.86. The summed E-state index contributed by atoms with van der Waals surface area (Å²) in [6.07, 6.45) is 1.35. The molecule has 1 heterocycles. The lowest BCUT2D eigenvalue weighted by Gasteiger charge is -2.08. The molecular formula is C15H9ClFNO. The van der Waals surface area contributed by atoms with Gasteiger partial charge < -0.3 is 4.74 Å². The zero-order valence-electron chi connectivity index (χ0n) is 9.81. The second-order valence-corrected chi connectivity index (χ2v) is 4.46. The van der Waals surface area contributed by atoms with Gasteiger partial charge in [0, 0.05) is 11.6 Å². The largest absolute Gasteiger partial charge is 0.436 e. The standard InChI is InChI=1S/C15H9ClFNO/c16-11-8-13(17)15(18-9-11)19-14-7-3-5-10-4-1-2-6-12(10)14/h1-9H. The number of pyridine rings is 1. The Hall–Kier alpha value is -2.13. The molecule has 94 valence electrons. The highest BCUT2D eigenvalue weighted by Crippen LogP contribution is 2.30. The molecule has 0 saturated heterocycles. The maximum Gasteiger partial charge on any atom is 0.255 e. The van der Waals surface area contributed by atoms with Crippen molar-refractivity contribution in [3.63, 3.8) is 0 Å². The van der Waals surface area contributed by atoms with Crippen LogP contribution in [0.3, 0.4) is 0 Å². The number of benzene rings is 2. The molecule has 0 aliphatic rings. The van der Waals surface area contributed by atoms with Crippen molar-refractivity contribution in [2.24, 2.45) is 0 Å². The summed E-state index contributed by atoms with van der Waals surface area (Å²) in [4.78, 5) is 3.85. The highest BCUT2D eigenvalue weighted by molar-refractivity contribution is 6.30. The van der Waals surface area contributed by atoms with Crippen LogP contribution >= 0.6 is 11.6 Å². The van der Waals surface area contributed by atoms with Gasteiger partial charge in [0.05, 0.1) is 5.02 Å². The first-order chi connectivity index (χ1) is 9.24. The maximum absolute atomic E-state index is 13.7. The van der Waals surface area contributed by atoms with Crippen molar-refractivity contribution in [3.05, 3.63) is 65.6 Å². The van der Waals surface area contributed by atoms with Crippen molar-refractivity contribution < 1.29 is 9.13 Å². The van der Waals surface area contributed by atoms with Crippen LogP contribution in [-0.4, -0.2) is 4.98 Å². The summed E-state index contributed by atoms with van der Waals surface area (Å²) < 4.78 is 19.2. The van der Waals surface area contributed by atoms with E-state index in [2.05, 4.69) is 4.98 Å². The molecule has 2 aromatic carbocycles. The Morgan fingerprint density at radius 3 is 2.68 bits per heavy atom. The van der Waals surface area contributed by atoms with E-state index < -0.39 is 5.82 Å². The van der Waals surface area contributed by atoms with Gasteiger partial charge in [-0.3, -0.25) is 0 Å². The first-order valence-corrected chi connectivity index (χ1v) is 6.08. The molecular weight excluding hydrogens is 265 g/mol. The lowest BCUT2D eigenvalue weighted by atomic mass is 10.1. The van der Waals surface area contributed by atoms with Crippen LogP contribution in [0.5, 0.6) is 11.6 Å². The van der Waals surface area contributed by atoms with Crippen molar-refractivity contribution in [1.29, 1.82) is 0 Å². The van der Waals surface area contributed by atoms with Gasteiger partial charge in [-0.25, -0.2) is 9.37 Å². The van der Waals surface area contributed by atoms with E-state index in [0.717, 1.165) is 10.8 Å². The fourth-order valence-electron chi connectivity index (χ4n) is 1.87.